The second-order valence-corrected chi connectivity index (χ2v) is 5.79. The van der Waals surface area contributed by atoms with Crippen molar-refractivity contribution in [2.45, 2.75) is 32.9 Å². The Hall–Kier alpha value is -2.01. The van der Waals surface area contributed by atoms with Crippen LogP contribution in [0.5, 0.6) is 5.75 Å². The van der Waals surface area contributed by atoms with Crippen molar-refractivity contribution in [3.63, 3.8) is 0 Å². The number of para-hydroxylation sites is 2. The topological polar surface area (TPSA) is 50.5 Å². The van der Waals surface area contributed by atoms with Crippen LogP contribution in [0, 0.1) is 13.8 Å². The number of hydrogen-bond acceptors (Lipinski definition) is 5. The molecular formula is C17H23N3O2. The molecule has 0 amide bonds. The molecule has 0 spiro atoms. The van der Waals surface area contributed by atoms with Crippen molar-refractivity contribution in [3.05, 3.63) is 41.3 Å². The zero-order valence-electron chi connectivity index (χ0n) is 13.4. The molecule has 3 rings (SSSR count). The third-order valence-corrected chi connectivity index (χ3v) is 4.36. The van der Waals surface area contributed by atoms with Gasteiger partial charge in [-0.15, -0.1) is 0 Å². The highest BCUT2D eigenvalue weighted by Gasteiger charge is 2.24. The highest BCUT2D eigenvalue weighted by atomic mass is 16.5. The van der Waals surface area contributed by atoms with Crippen molar-refractivity contribution >= 4 is 5.69 Å². The molecule has 22 heavy (non-hydrogen) atoms. The van der Waals surface area contributed by atoms with Crippen molar-refractivity contribution in [3.8, 4) is 5.75 Å². The van der Waals surface area contributed by atoms with E-state index in [2.05, 4.69) is 27.5 Å². The monoisotopic (exact) mass is 301 g/mol. The number of nitrogens with one attached hydrogen (secondary N) is 1. The van der Waals surface area contributed by atoms with Crippen molar-refractivity contribution in [1.29, 1.82) is 0 Å². The molecule has 1 N–H and O–H groups in total. The van der Waals surface area contributed by atoms with Crippen molar-refractivity contribution in [1.82, 2.24) is 10.5 Å². The average Bonchev–Trinajstić information content (AvgIpc) is 3.13. The Labute approximate surface area is 131 Å². The van der Waals surface area contributed by atoms with E-state index in [-0.39, 0.29) is 0 Å². The number of aryl methyl sites for hydroxylation is 2. The van der Waals surface area contributed by atoms with E-state index in [1.54, 1.807) is 7.11 Å². The van der Waals surface area contributed by atoms with Crippen LogP contribution in [0.25, 0.3) is 0 Å². The summed E-state index contributed by atoms with van der Waals surface area (Å²) in [5.74, 6) is 1.85. The van der Waals surface area contributed by atoms with E-state index in [9.17, 15) is 0 Å². The first-order valence-corrected chi connectivity index (χ1v) is 7.72. The van der Waals surface area contributed by atoms with Crippen LogP contribution >= 0.6 is 0 Å². The molecule has 2 aromatic rings. The molecular weight excluding hydrogens is 278 g/mol. The van der Waals surface area contributed by atoms with Gasteiger partial charge in [0.2, 0.25) is 0 Å². The predicted octanol–water partition coefficient (Wildman–Crippen LogP) is 2.67. The third kappa shape index (κ3) is 2.95. The Balaban J connectivity index is 1.61. The minimum Gasteiger partial charge on any atom is -0.495 e. The summed E-state index contributed by atoms with van der Waals surface area (Å²) in [5.41, 5.74) is 3.33. The maximum atomic E-state index is 5.46. The fourth-order valence-electron chi connectivity index (χ4n) is 3.04. The highest BCUT2D eigenvalue weighted by Crippen LogP contribution is 2.30. The van der Waals surface area contributed by atoms with Gasteiger partial charge in [-0.05, 0) is 32.4 Å². The molecule has 0 unspecified atom stereocenters. The number of anilines is 1. The fraction of sp³-hybridized carbons (Fsp3) is 0.471. The summed E-state index contributed by atoms with van der Waals surface area (Å²) in [6, 6.07) is 8.67. The quantitative estimate of drug-likeness (QED) is 0.920. The molecule has 0 saturated carbocycles. The zero-order valence-corrected chi connectivity index (χ0v) is 13.4. The van der Waals surface area contributed by atoms with E-state index in [1.165, 1.54) is 11.3 Å². The number of methoxy groups -OCH3 is 1. The van der Waals surface area contributed by atoms with Gasteiger partial charge in [-0.2, -0.15) is 0 Å². The van der Waals surface area contributed by atoms with Gasteiger partial charge in [-0.25, -0.2) is 0 Å². The van der Waals surface area contributed by atoms with Gasteiger partial charge in [-0.3, -0.25) is 0 Å². The van der Waals surface area contributed by atoms with Crippen molar-refractivity contribution in [2.24, 2.45) is 0 Å². The second-order valence-electron chi connectivity index (χ2n) is 5.79. The first-order chi connectivity index (χ1) is 10.7. The number of hydrogen-bond donors (Lipinski definition) is 1. The van der Waals surface area contributed by atoms with Gasteiger partial charge in [0.1, 0.15) is 11.5 Å². The van der Waals surface area contributed by atoms with Crippen LogP contribution in [0.3, 0.4) is 0 Å². The predicted molar refractivity (Wildman–Crippen MR) is 86.4 cm³/mol. The molecule has 1 fully saturated rings. The Bertz CT molecular complexity index is 619. The van der Waals surface area contributed by atoms with Crippen LogP contribution in [0.15, 0.2) is 28.8 Å². The fourth-order valence-corrected chi connectivity index (χ4v) is 3.04. The molecule has 2 heterocycles. The second kappa shape index (κ2) is 6.40. The van der Waals surface area contributed by atoms with Gasteiger partial charge in [0, 0.05) is 31.2 Å². The Kier molecular flexibility index (Phi) is 4.34. The number of rotatable bonds is 5. The molecule has 1 atom stereocenters. The van der Waals surface area contributed by atoms with Crippen LogP contribution in [-0.4, -0.2) is 31.4 Å². The molecule has 1 saturated heterocycles. The third-order valence-electron chi connectivity index (χ3n) is 4.36. The summed E-state index contributed by atoms with van der Waals surface area (Å²) in [6.45, 7) is 6.80. The number of benzene rings is 1. The smallest absolute Gasteiger partial charge is 0.142 e. The van der Waals surface area contributed by atoms with Crippen LogP contribution in [0.2, 0.25) is 0 Å². The molecule has 0 aliphatic carbocycles. The first kappa shape index (κ1) is 14.9. The lowest BCUT2D eigenvalue weighted by molar-refractivity contribution is 0.391. The highest BCUT2D eigenvalue weighted by molar-refractivity contribution is 5.59. The normalized spacial score (nSPS) is 18.0. The number of aromatic nitrogens is 1. The maximum absolute atomic E-state index is 5.46. The van der Waals surface area contributed by atoms with E-state index < -0.39 is 0 Å². The van der Waals surface area contributed by atoms with E-state index in [0.717, 1.165) is 43.3 Å². The Morgan fingerprint density at radius 1 is 1.36 bits per heavy atom. The molecule has 1 aliphatic rings. The largest absolute Gasteiger partial charge is 0.495 e. The summed E-state index contributed by atoms with van der Waals surface area (Å²) < 4.78 is 10.7. The molecule has 0 radical (unpaired) electrons. The lowest BCUT2D eigenvalue weighted by atomic mass is 10.2. The van der Waals surface area contributed by atoms with Gasteiger partial charge in [0.05, 0.1) is 18.5 Å². The lowest BCUT2D eigenvalue weighted by Crippen LogP contribution is -2.32. The average molecular weight is 301 g/mol. The number of ether oxygens (including phenoxy) is 1. The van der Waals surface area contributed by atoms with Gasteiger partial charge in [0.25, 0.3) is 0 Å². The molecule has 118 valence electrons. The van der Waals surface area contributed by atoms with E-state index >= 15 is 0 Å². The zero-order chi connectivity index (χ0) is 15.5. The van der Waals surface area contributed by atoms with Crippen LogP contribution < -0.4 is 15.0 Å². The molecule has 1 aromatic heterocycles. The van der Waals surface area contributed by atoms with E-state index in [1.807, 2.05) is 26.0 Å². The molecule has 0 bridgehead atoms. The van der Waals surface area contributed by atoms with Crippen LogP contribution in [0.4, 0.5) is 5.69 Å². The molecule has 1 aromatic carbocycles. The van der Waals surface area contributed by atoms with Crippen molar-refractivity contribution < 1.29 is 9.26 Å². The van der Waals surface area contributed by atoms with Gasteiger partial charge in [-0.1, -0.05) is 17.3 Å². The Morgan fingerprint density at radius 3 is 2.91 bits per heavy atom. The summed E-state index contributed by atoms with van der Waals surface area (Å²) in [4.78, 5) is 2.38. The summed E-state index contributed by atoms with van der Waals surface area (Å²) in [7, 11) is 1.72. The summed E-state index contributed by atoms with van der Waals surface area (Å²) in [5, 5.41) is 7.63. The molecule has 5 nitrogen and oxygen atoms in total. The number of nitrogens with zero attached hydrogens (tertiary/aromatic N) is 2. The van der Waals surface area contributed by atoms with Crippen LogP contribution in [-0.2, 0) is 6.54 Å². The molecule has 5 heteroatoms. The van der Waals surface area contributed by atoms with E-state index in [4.69, 9.17) is 9.26 Å². The SMILES string of the molecule is COc1ccccc1N1CC[C@@H](NCc2c(C)noc2C)C1. The molecule has 1 aliphatic heterocycles. The lowest BCUT2D eigenvalue weighted by Gasteiger charge is -2.21. The van der Waals surface area contributed by atoms with Gasteiger partial charge >= 0.3 is 0 Å². The van der Waals surface area contributed by atoms with Gasteiger partial charge in [0.15, 0.2) is 0 Å². The maximum Gasteiger partial charge on any atom is 0.142 e. The van der Waals surface area contributed by atoms with E-state index in [0.29, 0.717) is 6.04 Å². The minimum atomic E-state index is 0.471. The summed E-state index contributed by atoms with van der Waals surface area (Å²) in [6.07, 6.45) is 1.13. The van der Waals surface area contributed by atoms with Crippen LogP contribution in [0.1, 0.15) is 23.4 Å². The van der Waals surface area contributed by atoms with Crippen molar-refractivity contribution in [2.75, 3.05) is 25.1 Å². The standard InChI is InChI=1S/C17H23N3O2/c1-12-15(13(2)22-19-12)10-18-14-8-9-20(11-14)16-6-4-5-7-17(16)21-3/h4-7,14,18H,8-11H2,1-3H3/t14-/m1/s1. The Morgan fingerprint density at radius 2 is 2.18 bits per heavy atom. The minimum absolute atomic E-state index is 0.471. The first-order valence-electron chi connectivity index (χ1n) is 7.72. The summed E-state index contributed by atoms with van der Waals surface area (Å²) >= 11 is 0. The van der Waals surface area contributed by atoms with Gasteiger partial charge < -0.3 is 19.5 Å².